The van der Waals surface area contributed by atoms with E-state index in [9.17, 15) is 0 Å². The van der Waals surface area contributed by atoms with Crippen molar-refractivity contribution in [3.8, 4) is 11.8 Å². The van der Waals surface area contributed by atoms with Crippen LogP contribution in [-0.2, 0) is 0 Å². The standard InChI is InChI=1S/C15H18N2O/c1-18-13-5-2-11(9-16)14(8-13)17-10-15(6-7-15)12-3-4-12/h2,5,8,12,17H,3-4,6-7,10H2,1H3. The molecule has 2 fully saturated rings. The maximum absolute atomic E-state index is 9.12. The molecule has 18 heavy (non-hydrogen) atoms. The molecule has 0 aliphatic heterocycles. The first-order valence-corrected chi connectivity index (χ1v) is 6.59. The molecule has 2 aliphatic carbocycles. The molecular formula is C15H18N2O. The molecule has 1 aromatic carbocycles. The van der Waals surface area contributed by atoms with Gasteiger partial charge in [-0.3, -0.25) is 0 Å². The van der Waals surface area contributed by atoms with Crippen LogP contribution in [0.3, 0.4) is 0 Å². The molecule has 1 aromatic rings. The molecule has 1 N–H and O–H groups in total. The fourth-order valence-electron chi connectivity index (χ4n) is 2.75. The Morgan fingerprint density at radius 3 is 2.78 bits per heavy atom. The van der Waals surface area contributed by atoms with Crippen molar-refractivity contribution >= 4 is 5.69 Å². The number of hydrogen-bond donors (Lipinski definition) is 1. The first-order chi connectivity index (χ1) is 8.77. The Balaban J connectivity index is 1.73. The third-order valence-electron chi connectivity index (χ3n) is 4.31. The minimum absolute atomic E-state index is 0.538. The van der Waals surface area contributed by atoms with Gasteiger partial charge in [-0.05, 0) is 49.1 Å². The van der Waals surface area contributed by atoms with Crippen LogP contribution >= 0.6 is 0 Å². The van der Waals surface area contributed by atoms with Crippen LogP contribution < -0.4 is 10.1 Å². The summed E-state index contributed by atoms with van der Waals surface area (Å²) in [5, 5.41) is 12.6. The summed E-state index contributed by atoms with van der Waals surface area (Å²) < 4.78 is 5.21. The lowest BCUT2D eigenvalue weighted by molar-refractivity contribution is 0.414. The fourth-order valence-corrected chi connectivity index (χ4v) is 2.75. The number of nitrogens with one attached hydrogen (secondary N) is 1. The second kappa shape index (κ2) is 4.20. The predicted octanol–water partition coefficient (Wildman–Crippen LogP) is 3.17. The molecular weight excluding hydrogens is 224 g/mol. The zero-order valence-corrected chi connectivity index (χ0v) is 10.7. The number of ether oxygens (including phenoxy) is 1. The molecule has 94 valence electrons. The van der Waals surface area contributed by atoms with Crippen molar-refractivity contribution in [2.24, 2.45) is 11.3 Å². The highest BCUT2D eigenvalue weighted by molar-refractivity contribution is 5.60. The average Bonchev–Trinajstić information content (AvgIpc) is 3.28. The van der Waals surface area contributed by atoms with Gasteiger partial charge < -0.3 is 10.1 Å². The summed E-state index contributed by atoms with van der Waals surface area (Å²) in [6.07, 6.45) is 5.48. The highest BCUT2D eigenvalue weighted by atomic mass is 16.5. The number of anilines is 1. The monoisotopic (exact) mass is 242 g/mol. The molecule has 2 saturated carbocycles. The third-order valence-corrected chi connectivity index (χ3v) is 4.31. The lowest BCUT2D eigenvalue weighted by Crippen LogP contribution is -2.17. The smallest absolute Gasteiger partial charge is 0.121 e. The number of methoxy groups -OCH3 is 1. The van der Waals surface area contributed by atoms with E-state index >= 15 is 0 Å². The molecule has 0 unspecified atom stereocenters. The minimum Gasteiger partial charge on any atom is -0.497 e. The van der Waals surface area contributed by atoms with Crippen LogP contribution in [0.2, 0.25) is 0 Å². The van der Waals surface area contributed by atoms with E-state index < -0.39 is 0 Å². The Labute approximate surface area is 108 Å². The summed E-state index contributed by atoms with van der Waals surface area (Å²) in [4.78, 5) is 0. The minimum atomic E-state index is 0.538. The van der Waals surface area contributed by atoms with E-state index in [0.29, 0.717) is 11.0 Å². The van der Waals surface area contributed by atoms with Crippen molar-refractivity contribution in [3.63, 3.8) is 0 Å². The highest BCUT2D eigenvalue weighted by Crippen LogP contribution is 2.61. The first-order valence-electron chi connectivity index (χ1n) is 6.59. The summed E-state index contributed by atoms with van der Waals surface area (Å²) in [6, 6.07) is 7.80. The molecule has 0 spiro atoms. The summed E-state index contributed by atoms with van der Waals surface area (Å²) in [6.45, 7) is 1.000. The number of hydrogen-bond acceptors (Lipinski definition) is 3. The van der Waals surface area contributed by atoms with Gasteiger partial charge in [0.05, 0.1) is 18.4 Å². The lowest BCUT2D eigenvalue weighted by atomic mass is 10.0. The van der Waals surface area contributed by atoms with Crippen molar-refractivity contribution in [1.29, 1.82) is 5.26 Å². The molecule has 0 amide bonds. The van der Waals surface area contributed by atoms with E-state index in [1.165, 1.54) is 25.7 Å². The Bertz CT molecular complexity index is 496. The number of nitrogens with zero attached hydrogens (tertiary/aromatic N) is 1. The summed E-state index contributed by atoms with van der Waals surface area (Å²) in [7, 11) is 1.65. The Morgan fingerprint density at radius 1 is 1.44 bits per heavy atom. The van der Waals surface area contributed by atoms with E-state index in [1.807, 2.05) is 18.2 Å². The Hall–Kier alpha value is -1.69. The fraction of sp³-hybridized carbons (Fsp3) is 0.533. The zero-order chi connectivity index (χ0) is 12.6. The van der Waals surface area contributed by atoms with E-state index in [2.05, 4.69) is 11.4 Å². The van der Waals surface area contributed by atoms with Gasteiger partial charge in [0.2, 0.25) is 0 Å². The first kappa shape index (κ1) is 11.4. The molecule has 3 heteroatoms. The largest absolute Gasteiger partial charge is 0.497 e. The van der Waals surface area contributed by atoms with Gasteiger partial charge in [0.1, 0.15) is 11.8 Å². The van der Waals surface area contributed by atoms with E-state index in [-0.39, 0.29) is 0 Å². The number of rotatable bonds is 5. The van der Waals surface area contributed by atoms with Crippen LogP contribution in [-0.4, -0.2) is 13.7 Å². The summed E-state index contributed by atoms with van der Waals surface area (Å²) >= 11 is 0. The van der Waals surface area contributed by atoms with Crippen LogP contribution in [0, 0.1) is 22.7 Å². The molecule has 0 aromatic heterocycles. The second-order valence-corrected chi connectivity index (χ2v) is 5.51. The van der Waals surface area contributed by atoms with Gasteiger partial charge in [-0.2, -0.15) is 5.26 Å². The third kappa shape index (κ3) is 2.03. The van der Waals surface area contributed by atoms with Crippen molar-refractivity contribution < 1.29 is 4.74 Å². The molecule has 0 radical (unpaired) electrons. The number of nitriles is 1. The molecule has 0 bridgehead atoms. The molecule has 3 nitrogen and oxygen atoms in total. The van der Waals surface area contributed by atoms with Gasteiger partial charge in [-0.15, -0.1) is 0 Å². The summed E-state index contributed by atoms with van der Waals surface area (Å²) in [5.41, 5.74) is 2.14. The van der Waals surface area contributed by atoms with Crippen LogP contribution in [0.5, 0.6) is 5.75 Å². The van der Waals surface area contributed by atoms with Crippen molar-refractivity contribution in [3.05, 3.63) is 23.8 Å². The van der Waals surface area contributed by atoms with Crippen molar-refractivity contribution in [1.82, 2.24) is 0 Å². The maximum atomic E-state index is 9.12. The topological polar surface area (TPSA) is 45.0 Å². The highest BCUT2D eigenvalue weighted by Gasteiger charge is 2.53. The van der Waals surface area contributed by atoms with Crippen LogP contribution in [0.15, 0.2) is 18.2 Å². The predicted molar refractivity (Wildman–Crippen MR) is 70.6 cm³/mol. The molecule has 0 saturated heterocycles. The van der Waals surface area contributed by atoms with Crippen LogP contribution in [0.25, 0.3) is 0 Å². The van der Waals surface area contributed by atoms with E-state index in [4.69, 9.17) is 10.00 Å². The lowest BCUT2D eigenvalue weighted by Gasteiger charge is -2.17. The Kier molecular flexibility index (Phi) is 2.66. The van der Waals surface area contributed by atoms with Crippen LogP contribution in [0.1, 0.15) is 31.2 Å². The molecule has 2 aliphatic rings. The molecule has 0 heterocycles. The maximum Gasteiger partial charge on any atom is 0.121 e. The van der Waals surface area contributed by atoms with Gasteiger partial charge in [0.15, 0.2) is 0 Å². The van der Waals surface area contributed by atoms with Crippen molar-refractivity contribution in [2.45, 2.75) is 25.7 Å². The van der Waals surface area contributed by atoms with Crippen molar-refractivity contribution in [2.75, 3.05) is 19.0 Å². The van der Waals surface area contributed by atoms with Crippen LogP contribution in [0.4, 0.5) is 5.69 Å². The van der Waals surface area contributed by atoms with E-state index in [0.717, 1.165) is 23.9 Å². The molecule has 3 rings (SSSR count). The Morgan fingerprint density at radius 2 is 2.22 bits per heavy atom. The average molecular weight is 242 g/mol. The van der Waals surface area contributed by atoms with Gasteiger partial charge >= 0.3 is 0 Å². The van der Waals surface area contributed by atoms with E-state index in [1.54, 1.807) is 7.11 Å². The summed E-state index contributed by atoms with van der Waals surface area (Å²) in [5.74, 6) is 1.73. The zero-order valence-electron chi connectivity index (χ0n) is 10.7. The quantitative estimate of drug-likeness (QED) is 0.862. The SMILES string of the molecule is COc1ccc(C#N)c(NCC2(C3CC3)CC2)c1. The number of benzene rings is 1. The van der Waals surface area contributed by atoms with Gasteiger partial charge in [-0.1, -0.05) is 0 Å². The molecule has 0 atom stereocenters. The second-order valence-electron chi connectivity index (χ2n) is 5.51. The van der Waals surface area contributed by atoms with Gasteiger partial charge in [-0.25, -0.2) is 0 Å². The van der Waals surface area contributed by atoms with Gasteiger partial charge in [0.25, 0.3) is 0 Å². The van der Waals surface area contributed by atoms with Gasteiger partial charge in [0, 0.05) is 12.6 Å². The normalized spacial score (nSPS) is 20.0.